The number of aliphatic hydroxyl groups is 1. The molecule has 4 heteroatoms. The molecule has 110 valence electrons. The maximum atomic E-state index is 10.4. The van der Waals surface area contributed by atoms with Gasteiger partial charge in [-0.2, -0.15) is 0 Å². The van der Waals surface area contributed by atoms with E-state index in [-0.39, 0.29) is 0 Å². The highest BCUT2D eigenvalue weighted by Gasteiger charge is 2.30. The van der Waals surface area contributed by atoms with E-state index in [0.29, 0.717) is 6.42 Å². The normalized spacial score (nSPS) is 20.3. The Labute approximate surface area is 123 Å². The second kappa shape index (κ2) is 5.66. The van der Waals surface area contributed by atoms with Gasteiger partial charge in [-0.3, -0.25) is 0 Å². The van der Waals surface area contributed by atoms with Crippen molar-refractivity contribution in [1.29, 1.82) is 0 Å². The average molecular weight is 286 g/mol. The molecule has 0 fully saturated rings. The number of hydrogen-bond donors (Lipinski definition) is 1. The third-order valence-corrected chi connectivity index (χ3v) is 3.73. The van der Waals surface area contributed by atoms with Crippen LogP contribution in [0.3, 0.4) is 0 Å². The van der Waals surface area contributed by atoms with Crippen LogP contribution < -0.4 is 14.2 Å². The lowest BCUT2D eigenvalue weighted by molar-refractivity contribution is 0.0205. The molecule has 2 aromatic rings. The number of benzene rings is 2. The topological polar surface area (TPSA) is 47.9 Å². The Bertz CT molecular complexity index is 638. The van der Waals surface area contributed by atoms with Crippen LogP contribution in [-0.4, -0.2) is 25.4 Å². The summed E-state index contributed by atoms with van der Waals surface area (Å²) in [6.45, 7) is 0. The molecule has 0 saturated carbocycles. The smallest absolute Gasteiger partial charge is 0.150 e. The monoisotopic (exact) mass is 286 g/mol. The molecule has 0 radical (unpaired) electrons. The largest absolute Gasteiger partial charge is 0.497 e. The zero-order chi connectivity index (χ0) is 14.8. The van der Waals surface area contributed by atoms with E-state index < -0.39 is 12.2 Å². The lowest BCUT2D eigenvalue weighted by atomic mass is 9.94. The summed E-state index contributed by atoms with van der Waals surface area (Å²) < 4.78 is 16.4. The summed E-state index contributed by atoms with van der Waals surface area (Å²) in [5.41, 5.74) is 1.89. The van der Waals surface area contributed by atoms with E-state index >= 15 is 0 Å². The number of aliphatic hydroxyl groups excluding tert-OH is 1. The first-order valence-electron chi connectivity index (χ1n) is 6.87. The van der Waals surface area contributed by atoms with Crippen LogP contribution in [0.25, 0.3) is 0 Å². The zero-order valence-corrected chi connectivity index (χ0v) is 12.1. The van der Waals surface area contributed by atoms with E-state index in [9.17, 15) is 5.11 Å². The van der Waals surface area contributed by atoms with Gasteiger partial charge in [0, 0.05) is 12.5 Å². The Morgan fingerprint density at radius 3 is 2.57 bits per heavy atom. The van der Waals surface area contributed by atoms with Crippen LogP contribution >= 0.6 is 0 Å². The molecule has 1 aliphatic heterocycles. The minimum Gasteiger partial charge on any atom is -0.497 e. The van der Waals surface area contributed by atoms with Crippen LogP contribution in [0.1, 0.15) is 17.2 Å². The van der Waals surface area contributed by atoms with E-state index in [0.717, 1.165) is 28.4 Å². The maximum Gasteiger partial charge on any atom is 0.150 e. The van der Waals surface area contributed by atoms with Crippen LogP contribution in [-0.2, 0) is 6.42 Å². The third kappa shape index (κ3) is 2.67. The summed E-state index contributed by atoms with van der Waals surface area (Å²) in [5.74, 6) is 2.25. The standard InChI is InChI=1S/C17H18O4/c1-19-13-5-3-4-12(8-13)17-15(18)9-11-6-7-14(20-2)10-16(11)21-17/h3-8,10,15,17-18H,9H2,1-2H3/t15-,17+/m0/s1. The first-order chi connectivity index (χ1) is 10.2. The van der Waals surface area contributed by atoms with Crippen LogP contribution in [0.4, 0.5) is 0 Å². The SMILES string of the molecule is COc1cccc([C@H]2Oc3cc(OC)ccc3C[C@@H]2O)c1. The van der Waals surface area contributed by atoms with Gasteiger partial charge in [0.15, 0.2) is 0 Å². The quantitative estimate of drug-likeness (QED) is 0.942. The van der Waals surface area contributed by atoms with Crippen molar-refractivity contribution >= 4 is 0 Å². The average Bonchev–Trinajstić information content (AvgIpc) is 2.53. The van der Waals surface area contributed by atoms with Gasteiger partial charge in [-0.25, -0.2) is 0 Å². The first-order valence-corrected chi connectivity index (χ1v) is 6.87. The summed E-state index contributed by atoms with van der Waals surface area (Å²) in [7, 11) is 3.25. The molecule has 1 N–H and O–H groups in total. The molecule has 0 spiro atoms. The van der Waals surface area contributed by atoms with Crippen molar-refractivity contribution in [3.05, 3.63) is 53.6 Å². The molecule has 2 aromatic carbocycles. The fraction of sp³-hybridized carbons (Fsp3) is 0.294. The Kier molecular flexibility index (Phi) is 3.71. The van der Waals surface area contributed by atoms with Crippen molar-refractivity contribution in [1.82, 2.24) is 0 Å². The van der Waals surface area contributed by atoms with Crippen LogP contribution in [0, 0.1) is 0 Å². The van der Waals surface area contributed by atoms with E-state index in [1.54, 1.807) is 14.2 Å². The Morgan fingerprint density at radius 1 is 1.05 bits per heavy atom. The molecule has 4 nitrogen and oxygen atoms in total. The molecule has 1 aliphatic rings. The molecular weight excluding hydrogens is 268 g/mol. The fourth-order valence-corrected chi connectivity index (χ4v) is 2.60. The molecule has 2 atom stereocenters. The second-order valence-corrected chi connectivity index (χ2v) is 5.06. The Morgan fingerprint density at radius 2 is 1.81 bits per heavy atom. The lowest BCUT2D eigenvalue weighted by Gasteiger charge is -2.31. The number of hydrogen-bond acceptors (Lipinski definition) is 4. The predicted molar refractivity (Wildman–Crippen MR) is 79.1 cm³/mol. The Hall–Kier alpha value is -2.20. The third-order valence-electron chi connectivity index (χ3n) is 3.73. The van der Waals surface area contributed by atoms with Crippen molar-refractivity contribution in [2.75, 3.05) is 14.2 Å². The van der Waals surface area contributed by atoms with E-state index in [4.69, 9.17) is 14.2 Å². The summed E-state index contributed by atoms with van der Waals surface area (Å²) in [6.07, 6.45) is -0.431. The molecule has 3 rings (SSSR count). The summed E-state index contributed by atoms with van der Waals surface area (Å²) in [5, 5.41) is 10.4. The number of methoxy groups -OCH3 is 2. The minimum absolute atomic E-state index is 0.403. The predicted octanol–water partition coefficient (Wildman–Crippen LogP) is 2.74. The van der Waals surface area contributed by atoms with Crippen molar-refractivity contribution in [3.63, 3.8) is 0 Å². The number of fused-ring (bicyclic) bond motifs is 1. The van der Waals surface area contributed by atoms with E-state index in [2.05, 4.69) is 0 Å². The summed E-state index contributed by atoms with van der Waals surface area (Å²) in [4.78, 5) is 0. The maximum absolute atomic E-state index is 10.4. The van der Waals surface area contributed by atoms with Gasteiger partial charge in [0.25, 0.3) is 0 Å². The zero-order valence-electron chi connectivity index (χ0n) is 12.1. The highest BCUT2D eigenvalue weighted by molar-refractivity contribution is 5.44. The fourth-order valence-electron chi connectivity index (χ4n) is 2.60. The van der Waals surface area contributed by atoms with Gasteiger partial charge in [-0.05, 0) is 29.3 Å². The molecule has 0 bridgehead atoms. The lowest BCUT2D eigenvalue weighted by Crippen LogP contribution is -2.30. The van der Waals surface area contributed by atoms with Gasteiger partial charge in [-0.15, -0.1) is 0 Å². The molecule has 0 aromatic heterocycles. The molecule has 21 heavy (non-hydrogen) atoms. The highest BCUT2D eigenvalue weighted by atomic mass is 16.5. The van der Waals surface area contributed by atoms with Gasteiger partial charge >= 0.3 is 0 Å². The minimum atomic E-state index is -0.585. The van der Waals surface area contributed by atoms with Crippen LogP contribution in [0.15, 0.2) is 42.5 Å². The van der Waals surface area contributed by atoms with E-state index in [1.165, 1.54) is 0 Å². The van der Waals surface area contributed by atoms with Gasteiger partial charge < -0.3 is 19.3 Å². The molecule has 0 unspecified atom stereocenters. The van der Waals surface area contributed by atoms with Gasteiger partial charge in [0.1, 0.15) is 23.4 Å². The van der Waals surface area contributed by atoms with E-state index in [1.807, 2.05) is 42.5 Å². The molecule has 1 heterocycles. The number of ether oxygens (including phenoxy) is 3. The summed E-state index contributed by atoms with van der Waals surface area (Å²) >= 11 is 0. The van der Waals surface area contributed by atoms with Gasteiger partial charge in [-0.1, -0.05) is 18.2 Å². The van der Waals surface area contributed by atoms with Crippen LogP contribution in [0.2, 0.25) is 0 Å². The first kappa shape index (κ1) is 13.8. The van der Waals surface area contributed by atoms with Crippen molar-refractivity contribution < 1.29 is 19.3 Å². The Balaban J connectivity index is 1.93. The summed E-state index contributed by atoms with van der Waals surface area (Å²) in [6, 6.07) is 13.2. The number of rotatable bonds is 3. The molecular formula is C17H18O4. The molecule has 0 amide bonds. The molecule has 0 aliphatic carbocycles. The second-order valence-electron chi connectivity index (χ2n) is 5.06. The van der Waals surface area contributed by atoms with Crippen molar-refractivity contribution in [2.24, 2.45) is 0 Å². The van der Waals surface area contributed by atoms with Crippen molar-refractivity contribution in [3.8, 4) is 17.2 Å². The van der Waals surface area contributed by atoms with Gasteiger partial charge in [0.05, 0.1) is 20.3 Å². The van der Waals surface area contributed by atoms with Gasteiger partial charge in [0.2, 0.25) is 0 Å². The highest BCUT2D eigenvalue weighted by Crippen LogP contribution is 2.37. The molecule has 0 saturated heterocycles. The van der Waals surface area contributed by atoms with Crippen molar-refractivity contribution in [2.45, 2.75) is 18.6 Å². The van der Waals surface area contributed by atoms with Crippen LogP contribution in [0.5, 0.6) is 17.2 Å².